The molecule has 0 aliphatic rings. The Morgan fingerprint density at radius 2 is 1.60 bits per heavy atom. The zero-order valence-electron chi connectivity index (χ0n) is 10.4. The highest BCUT2D eigenvalue weighted by Crippen LogP contribution is 2.40. The first-order valence-corrected chi connectivity index (χ1v) is 7.62. The number of hydrogen-bond acceptors (Lipinski definition) is 2. The van der Waals surface area contributed by atoms with Crippen molar-refractivity contribution in [1.29, 1.82) is 0 Å². The van der Waals surface area contributed by atoms with Gasteiger partial charge in [0.1, 0.15) is 0 Å². The first-order chi connectivity index (χ1) is 9.65. The van der Waals surface area contributed by atoms with E-state index in [9.17, 15) is 0 Å². The summed E-state index contributed by atoms with van der Waals surface area (Å²) in [5, 5.41) is 3.57. The van der Waals surface area contributed by atoms with Crippen LogP contribution in [0.2, 0.25) is 10.0 Å². The lowest BCUT2D eigenvalue weighted by atomic mass is 10.1. The van der Waals surface area contributed by atoms with Crippen molar-refractivity contribution in [2.75, 3.05) is 5.73 Å². The maximum Gasteiger partial charge on any atom is 0.0623 e. The maximum absolute atomic E-state index is 6.49. The maximum atomic E-state index is 6.49. The molecule has 2 N–H and O–H groups in total. The highest BCUT2D eigenvalue weighted by Gasteiger charge is 2.09. The average Bonchev–Trinajstić information content (AvgIpc) is 2.45. The topological polar surface area (TPSA) is 26.0 Å². The molecule has 0 spiro atoms. The molecule has 0 unspecified atom stereocenters. The van der Waals surface area contributed by atoms with Crippen molar-refractivity contribution >= 4 is 51.4 Å². The number of anilines is 1. The summed E-state index contributed by atoms with van der Waals surface area (Å²) in [6.45, 7) is 0. The molecule has 0 radical (unpaired) electrons. The van der Waals surface area contributed by atoms with E-state index in [1.54, 1.807) is 17.8 Å². The highest BCUT2D eigenvalue weighted by molar-refractivity contribution is 7.99. The largest absolute Gasteiger partial charge is 0.399 e. The number of rotatable bonds is 2. The molecule has 3 aromatic carbocycles. The minimum absolute atomic E-state index is 0.638. The van der Waals surface area contributed by atoms with Gasteiger partial charge in [0.05, 0.1) is 10.0 Å². The molecule has 1 nitrogen and oxygen atoms in total. The summed E-state index contributed by atoms with van der Waals surface area (Å²) in [5.41, 5.74) is 6.36. The van der Waals surface area contributed by atoms with Crippen molar-refractivity contribution in [3.05, 3.63) is 64.6 Å². The summed E-state index contributed by atoms with van der Waals surface area (Å²) in [6, 6.07) is 17.6. The fourth-order valence-corrected chi connectivity index (χ4v) is 3.53. The van der Waals surface area contributed by atoms with Gasteiger partial charge < -0.3 is 5.73 Å². The molecular formula is C16H11Cl2NS. The average molecular weight is 320 g/mol. The van der Waals surface area contributed by atoms with Gasteiger partial charge in [-0.1, -0.05) is 65.3 Å². The van der Waals surface area contributed by atoms with Crippen LogP contribution in [0.4, 0.5) is 5.69 Å². The summed E-state index contributed by atoms with van der Waals surface area (Å²) < 4.78 is 0. The van der Waals surface area contributed by atoms with Gasteiger partial charge in [-0.25, -0.2) is 0 Å². The minimum atomic E-state index is 0.638. The fourth-order valence-electron chi connectivity index (χ4n) is 2.01. The SMILES string of the molecule is Nc1ccc(Sc2ccc3ccccc3c2Cl)c(Cl)c1. The first-order valence-electron chi connectivity index (χ1n) is 6.05. The van der Waals surface area contributed by atoms with Crippen molar-refractivity contribution in [2.45, 2.75) is 9.79 Å². The molecule has 0 aromatic heterocycles. The van der Waals surface area contributed by atoms with Crippen molar-refractivity contribution in [2.24, 2.45) is 0 Å². The zero-order chi connectivity index (χ0) is 14.1. The molecule has 0 aliphatic heterocycles. The summed E-state index contributed by atoms with van der Waals surface area (Å²) in [5.74, 6) is 0. The van der Waals surface area contributed by atoms with Gasteiger partial charge in [0.15, 0.2) is 0 Å². The van der Waals surface area contributed by atoms with E-state index in [1.807, 2.05) is 42.5 Å². The van der Waals surface area contributed by atoms with Gasteiger partial charge in [-0.15, -0.1) is 0 Å². The van der Waals surface area contributed by atoms with Gasteiger partial charge >= 0.3 is 0 Å². The van der Waals surface area contributed by atoms with E-state index in [1.165, 1.54) is 0 Å². The standard InChI is InChI=1S/C16H11Cl2NS/c17-13-9-11(19)6-8-14(13)20-15-7-5-10-3-1-2-4-12(10)16(15)18/h1-9H,19H2. The van der Waals surface area contributed by atoms with Gasteiger partial charge in [0, 0.05) is 20.9 Å². The Labute approximate surface area is 131 Å². The molecule has 0 atom stereocenters. The molecule has 0 heterocycles. The summed E-state index contributed by atoms with van der Waals surface area (Å²) in [6.07, 6.45) is 0. The Balaban J connectivity index is 2.04. The van der Waals surface area contributed by atoms with Crippen LogP contribution >= 0.6 is 35.0 Å². The van der Waals surface area contributed by atoms with E-state index < -0.39 is 0 Å². The van der Waals surface area contributed by atoms with Gasteiger partial charge in [-0.05, 0) is 29.7 Å². The van der Waals surface area contributed by atoms with E-state index in [2.05, 4.69) is 6.07 Å². The van der Waals surface area contributed by atoms with Crippen LogP contribution in [0.1, 0.15) is 0 Å². The predicted octanol–water partition coefficient (Wildman–Crippen LogP) is 5.88. The monoisotopic (exact) mass is 319 g/mol. The summed E-state index contributed by atoms with van der Waals surface area (Å²) >= 11 is 14.2. The number of fused-ring (bicyclic) bond motifs is 1. The van der Waals surface area contributed by atoms with Crippen molar-refractivity contribution in [1.82, 2.24) is 0 Å². The Morgan fingerprint density at radius 3 is 2.40 bits per heavy atom. The number of benzene rings is 3. The van der Waals surface area contributed by atoms with E-state index >= 15 is 0 Å². The molecule has 0 saturated carbocycles. The van der Waals surface area contributed by atoms with Gasteiger partial charge in [-0.3, -0.25) is 0 Å². The van der Waals surface area contributed by atoms with E-state index in [4.69, 9.17) is 28.9 Å². The number of halogens is 2. The third-order valence-corrected chi connectivity index (χ3v) is 5.08. The normalized spacial score (nSPS) is 10.9. The van der Waals surface area contributed by atoms with Crippen LogP contribution in [0.3, 0.4) is 0 Å². The lowest BCUT2D eigenvalue weighted by molar-refractivity contribution is 1.42. The summed E-state index contributed by atoms with van der Waals surface area (Å²) in [4.78, 5) is 1.93. The van der Waals surface area contributed by atoms with Crippen molar-refractivity contribution in [3.8, 4) is 0 Å². The molecule has 0 aliphatic carbocycles. The van der Waals surface area contributed by atoms with Crippen LogP contribution in [0.25, 0.3) is 10.8 Å². The van der Waals surface area contributed by atoms with E-state index in [-0.39, 0.29) is 0 Å². The lowest BCUT2D eigenvalue weighted by Crippen LogP contribution is -1.85. The highest BCUT2D eigenvalue weighted by atomic mass is 35.5. The number of hydrogen-bond donors (Lipinski definition) is 1. The third-order valence-electron chi connectivity index (χ3n) is 3.00. The van der Waals surface area contributed by atoms with Crippen LogP contribution in [-0.2, 0) is 0 Å². The molecule has 3 aromatic rings. The molecule has 100 valence electrons. The molecule has 0 amide bonds. The smallest absolute Gasteiger partial charge is 0.0623 e. The molecule has 20 heavy (non-hydrogen) atoms. The Morgan fingerprint density at radius 1 is 0.850 bits per heavy atom. The molecule has 3 rings (SSSR count). The Bertz CT molecular complexity index is 787. The first kappa shape index (κ1) is 13.6. The second kappa shape index (κ2) is 5.57. The van der Waals surface area contributed by atoms with Gasteiger partial charge in [0.25, 0.3) is 0 Å². The van der Waals surface area contributed by atoms with Gasteiger partial charge in [-0.2, -0.15) is 0 Å². The minimum Gasteiger partial charge on any atom is -0.399 e. The fraction of sp³-hybridized carbons (Fsp3) is 0. The van der Waals surface area contributed by atoms with Crippen LogP contribution < -0.4 is 5.73 Å². The third kappa shape index (κ3) is 2.59. The number of nitrogen functional groups attached to an aromatic ring is 1. The predicted molar refractivity (Wildman–Crippen MR) is 88.9 cm³/mol. The van der Waals surface area contributed by atoms with Crippen molar-refractivity contribution < 1.29 is 0 Å². The lowest BCUT2D eigenvalue weighted by Gasteiger charge is -2.09. The Kier molecular flexibility index (Phi) is 3.79. The molecule has 4 heteroatoms. The zero-order valence-corrected chi connectivity index (χ0v) is 12.8. The van der Waals surface area contributed by atoms with Crippen molar-refractivity contribution in [3.63, 3.8) is 0 Å². The van der Waals surface area contributed by atoms with Crippen LogP contribution in [0.15, 0.2) is 64.4 Å². The van der Waals surface area contributed by atoms with Gasteiger partial charge in [0.2, 0.25) is 0 Å². The quantitative estimate of drug-likeness (QED) is 0.597. The molecule has 0 fully saturated rings. The second-order valence-corrected chi connectivity index (χ2v) is 6.26. The van der Waals surface area contributed by atoms with Crippen LogP contribution in [-0.4, -0.2) is 0 Å². The molecular weight excluding hydrogens is 309 g/mol. The Hall–Kier alpha value is -1.35. The van der Waals surface area contributed by atoms with Crippen LogP contribution in [0.5, 0.6) is 0 Å². The molecule has 0 saturated heterocycles. The second-order valence-electron chi connectivity index (χ2n) is 4.39. The molecule has 0 bridgehead atoms. The number of nitrogens with two attached hydrogens (primary N) is 1. The van der Waals surface area contributed by atoms with E-state index in [0.29, 0.717) is 10.7 Å². The van der Waals surface area contributed by atoms with E-state index in [0.717, 1.165) is 25.6 Å². The van der Waals surface area contributed by atoms with Crippen LogP contribution in [0, 0.1) is 0 Å². The summed E-state index contributed by atoms with van der Waals surface area (Å²) in [7, 11) is 0.